The van der Waals surface area contributed by atoms with Gasteiger partial charge in [0.15, 0.2) is 0 Å². The summed E-state index contributed by atoms with van der Waals surface area (Å²) in [4.78, 5) is 10.7. The summed E-state index contributed by atoms with van der Waals surface area (Å²) in [6.07, 6.45) is 6.61. The van der Waals surface area contributed by atoms with E-state index in [0.29, 0.717) is 37.2 Å². The van der Waals surface area contributed by atoms with Gasteiger partial charge in [-0.25, -0.2) is 0 Å². The van der Waals surface area contributed by atoms with E-state index in [0.717, 1.165) is 12.3 Å². The molecule has 2 aromatic carbocycles. The molecule has 1 N–H and O–H groups in total. The Bertz CT molecular complexity index is 775. The SMILES string of the molecule is O=[N+]([O-])c1ccccc1COc1ccc(OCCOCCNC2CCCCC2)cc1. The Labute approximate surface area is 177 Å². The molecule has 162 valence electrons. The van der Waals surface area contributed by atoms with E-state index in [9.17, 15) is 10.1 Å². The summed E-state index contributed by atoms with van der Waals surface area (Å²) in [5, 5.41) is 14.6. The van der Waals surface area contributed by atoms with Crippen LogP contribution in [0.2, 0.25) is 0 Å². The maximum atomic E-state index is 11.1. The summed E-state index contributed by atoms with van der Waals surface area (Å²) < 4.78 is 17.0. The number of nitro groups is 1. The number of benzene rings is 2. The number of rotatable bonds is 12. The Morgan fingerprint density at radius 3 is 2.33 bits per heavy atom. The van der Waals surface area contributed by atoms with Crippen LogP contribution < -0.4 is 14.8 Å². The Balaban J connectivity index is 1.29. The highest BCUT2D eigenvalue weighted by molar-refractivity contribution is 5.40. The fourth-order valence-corrected chi connectivity index (χ4v) is 3.57. The van der Waals surface area contributed by atoms with Gasteiger partial charge in [0, 0.05) is 18.7 Å². The lowest BCUT2D eigenvalue weighted by Crippen LogP contribution is -2.33. The molecule has 1 aliphatic carbocycles. The summed E-state index contributed by atoms with van der Waals surface area (Å²) in [5.41, 5.74) is 0.601. The van der Waals surface area contributed by atoms with Crippen molar-refractivity contribution >= 4 is 5.69 Å². The molecule has 30 heavy (non-hydrogen) atoms. The zero-order valence-corrected chi connectivity index (χ0v) is 17.3. The zero-order valence-electron chi connectivity index (χ0n) is 17.3. The summed E-state index contributed by atoms with van der Waals surface area (Å²) >= 11 is 0. The highest BCUT2D eigenvalue weighted by Gasteiger charge is 2.13. The number of nitro benzene ring substituents is 1. The van der Waals surface area contributed by atoms with Crippen molar-refractivity contribution in [3.8, 4) is 11.5 Å². The molecule has 7 heteroatoms. The van der Waals surface area contributed by atoms with Crippen LogP contribution in [0, 0.1) is 10.1 Å². The van der Waals surface area contributed by atoms with Crippen molar-refractivity contribution in [3.05, 3.63) is 64.2 Å². The maximum Gasteiger partial charge on any atom is 0.276 e. The van der Waals surface area contributed by atoms with Gasteiger partial charge in [-0.3, -0.25) is 10.1 Å². The number of nitrogens with one attached hydrogen (secondary N) is 1. The van der Waals surface area contributed by atoms with E-state index in [2.05, 4.69) is 5.32 Å². The van der Waals surface area contributed by atoms with Crippen LogP contribution >= 0.6 is 0 Å². The van der Waals surface area contributed by atoms with Gasteiger partial charge in [-0.15, -0.1) is 0 Å². The van der Waals surface area contributed by atoms with Crippen LogP contribution in [0.3, 0.4) is 0 Å². The quantitative estimate of drug-likeness (QED) is 0.313. The van der Waals surface area contributed by atoms with Crippen molar-refractivity contribution in [2.75, 3.05) is 26.4 Å². The molecule has 0 amide bonds. The molecule has 0 aliphatic heterocycles. The van der Waals surface area contributed by atoms with E-state index in [1.54, 1.807) is 30.3 Å². The van der Waals surface area contributed by atoms with Crippen LogP contribution in [0.15, 0.2) is 48.5 Å². The molecular weight excluding hydrogens is 384 g/mol. The first kappa shape index (κ1) is 22.1. The molecule has 0 aromatic heterocycles. The van der Waals surface area contributed by atoms with Crippen LogP contribution in [0.4, 0.5) is 5.69 Å². The highest BCUT2D eigenvalue weighted by atomic mass is 16.6. The second-order valence-corrected chi connectivity index (χ2v) is 7.40. The third kappa shape index (κ3) is 7.31. The van der Waals surface area contributed by atoms with Gasteiger partial charge in [0.1, 0.15) is 24.7 Å². The number of para-hydroxylation sites is 1. The minimum atomic E-state index is -0.399. The van der Waals surface area contributed by atoms with Gasteiger partial charge in [0.05, 0.1) is 23.7 Å². The van der Waals surface area contributed by atoms with Crippen molar-refractivity contribution in [1.82, 2.24) is 5.32 Å². The molecule has 0 spiro atoms. The van der Waals surface area contributed by atoms with Crippen molar-refractivity contribution in [2.24, 2.45) is 0 Å². The van der Waals surface area contributed by atoms with Crippen molar-refractivity contribution < 1.29 is 19.1 Å². The van der Waals surface area contributed by atoms with E-state index >= 15 is 0 Å². The normalized spacial score (nSPS) is 14.4. The molecule has 1 aliphatic rings. The van der Waals surface area contributed by atoms with Gasteiger partial charge in [0.2, 0.25) is 0 Å². The van der Waals surface area contributed by atoms with Gasteiger partial charge in [0.25, 0.3) is 5.69 Å². The number of hydrogen-bond acceptors (Lipinski definition) is 6. The minimum absolute atomic E-state index is 0.0615. The van der Waals surface area contributed by atoms with E-state index in [-0.39, 0.29) is 12.3 Å². The van der Waals surface area contributed by atoms with Crippen LogP contribution in [0.25, 0.3) is 0 Å². The molecule has 0 saturated heterocycles. The Kier molecular flexibility index (Phi) is 8.93. The predicted octanol–water partition coefficient (Wildman–Crippen LogP) is 4.49. The van der Waals surface area contributed by atoms with Crippen molar-refractivity contribution in [3.63, 3.8) is 0 Å². The molecule has 0 radical (unpaired) electrons. The molecule has 0 heterocycles. The van der Waals surface area contributed by atoms with E-state index in [4.69, 9.17) is 14.2 Å². The molecule has 0 unspecified atom stereocenters. The lowest BCUT2D eigenvalue weighted by atomic mass is 9.96. The first-order chi connectivity index (χ1) is 14.7. The third-order valence-corrected chi connectivity index (χ3v) is 5.19. The summed E-state index contributed by atoms with van der Waals surface area (Å²) in [6.45, 7) is 2.75. The lowest BCUT2D eigenvalue weighted by Gasteiger charge is -2.22. The standard InChI is InChI=1S/C23H30N2O5/c26-25(27)23-9-5-4-6-19(23)18-30-22-12-10-21(11-13-22)29-17-16-28-15-14-24-20-7-2-1-3-8-20/h4-6,9-13,20,24H,1-3,7-8,14-18H2. The highest BCUT2D eigenvalue weighted by Crippen LogP contribution is 2.22. The molecule has 1 saturated carbocycles. The number of hydrogen-bond donors (Lipinski definition) is 1. The Morgan fingerprint density at radius 2 is 1.60 bits per heavy atom. The Morgan fingerprint density at radius 1 is 0.900 bits per heavy atom. The fraction of sp³-hybridized carbons (Fsp3) is 0.478. The summed E-state index contributed by atoms with van der Waals surface area (Å²) in [5.74, 6) is 1.36. The molecular formula is C23H30N2O5. The molecule has 2 aromatic rings. The van der Waals surface area contributed by atoms with Gasteiger partial charge in [-0.2, -0.15) is 0 Å². The fourth-order valence-electron chi connectivity index (χ4n) is 3.57. The summed E-state index contributed by atoms with van der Waals surface area (Å²) in [7, 11) is 0. The van der Waals surface area contributed by atoms with Crippen molar-refractivity contribution in [2.45, 2.75) is 44.8 Å². The molecule has 7 nitrogen and oxygen atoms in total. The molecule has 0 atom stereocenters. The summed E-state index contributed by atoms with van der Waals surface area (Å²) in [6, 6.07) is 14.5. The van der Waals surface area contributed by atoms with E-state index in [1.807, 2.05) is 12.1 Å². The molecule has 1 fully saturated rings. The van der Waals surface area contributed by atoms with Crippen LogP contribution in [-0.2, 0) is 11.3 Å². The minimum Gasteiger partial charge on any atom is -0.491 e. The smallest absolute Gasteiger partial charge is 0.276 e. The number of nitrogens with zero attached hydrogens (tertiary/aromatic N) is 1. The van der Waals surface area contributed by atoms with E-state index in [1.165, 1.54) is 38.2 Å². The number of ether oxygens (including phenoxy) is 3. The second-order valence-electron chi connectivity index (χ2n) is 7.40. The maximum absolute atomic E-state index is 11.1. The zero-order chi connectivity index (χ0) is 21.0. The first-order valence-electron chi connectivity index (χ1n) is 10.6. The average molecular weight is 415 g/mol. The molecule has 0 bridgehead atoms. The molecule has 3 rings (SSSR count). The van der Waals surface area contributed by atoms with Crippen LogP contribution in [0.1, 0.15) is 37.7 Å². The first-order valence-corrected chi connectivity index (χ1v) is 10.6. The average Bonchev–Trinajstić information content (AvgIpc) is 2.78. The van der Waals surface area contributed by atoms with Crippen LogP contribution in [-0.4, -0.2) is 37.3 Å². The predicted molar refractivity (Wildman–Crippen MR) is 115 cm³/mol. The third-order valence-electron chi connectivity index (χ3n) is 5.19. The van der Waals surface area contributed by atoms with Crippen molar-refractivity contribution in [1.29, 1.82) is 0 Å². The van der Waals surface area contributed by atoms with Gasteiger partial charge in [-0.1, -0.05) is 31.4 Å². The lowest BCUT2D eigenvalue weighted by molar-refractivity contribution is -0.385. The second kappa shape index (κ2) is 12.1. The van der Waals surface area contributed by atoms with Gasteiger partial charge < -0.3 is 19.5 Å². The topological polar surface area (TPSA) is 82.9 Å². The van der Waals surface area contributed by atoms with E-state index < -0.39 is 4.92 Å². The Hall–Kier alpha value is -2.64. The largest absolute Gasteiger partial charge is 0.491 e. The van der Waals surface area contributed by atoms with Crippen LogP contribution in [0.5, 0.6) is 11.5 Å². The van der Waals surface area contributed by atoms with Gasteiger partial charge in [-0.05, 0) is 43.2 Å². The van der Waals surface area contributed by atoms with Gasteiger partial charge >= 0.3 is 0 Å². The monoisotopic (exact) mass is 414 g/mol.